The number of hydrogen-bond acceptors (Lipinski definition) is 8. The Balaban J connectivity index is 1.95. The molecule has 0 saturated carbocycles. The highest BCUT2D eigenvalue weighted by molar-refractivity contribution is 9.10. The van der Waals surface area contributed by atoms with Gasteiger partial charge in [-0.25, -0.2) is 22.4 Å². The number of nitrogens with one attached hydrogen (secondary N) is 2. The second-order valence-corrected chi connectivity index (χ2v) is 6.78. The molecule has 0 unspecified atom stereocenters. The smallest absolute Gasteiger partial charge is 0.202 e. The number of hydroxylamine groups is 1. The van der Waals surface area contributed by atoms with Crippen molar-refractivity contribution in [2.75, 3.05) is 16.7 Å². The Morgan fingerprint density at radius 2 is 2.25 bits per heavy atom. The Kier molecular flexibility index (Phi) is 3.32. The summed E-state index contributed by atoms with van der Waals surface area (Å²) in [6.07, 6.45) is 0. The fraction of sp³-hybridized carbons (Fsp3) is 0.250. The largest absolute Gasteiger partial charge is 0.360 e. The summed E-state index contributed by atoms with van der Waals surface area (Å²) in [5.74, 6) is -1.27. The van der Waals surface area contributed by atoms with Gasteiger partial charge >= 0.3 is 0 Å². The van der Waals surface area contributed by atoms with Crippen molar-refractivity contribution in [3.05, 3.63) is 34.2 Å². The summed E-state index contributed by atoms with van der Waals surface area (Å²) < 4.78 is 71.8. The van der Waals surface area contributed by atoms with Crippen LogP contribution < -0.4 is 10.8 Å². The maximum Gasteiger partial charge on any atom is 0.202 e. The Labute approximate surface area is 149 Å². The molecule has 0 atom stereocenters. The third-order valence-corrected chi connectivity index (χ3v) is 4.49. The van der Waals surface area contributed by atoms with E-state index in [1.807, 2.05) is 0 Å². The lowest BCUT2D eigenvalue weighted by molar-refractivity contribution is 0.234. The number of aliphatic imine (C=N–C) groups is 1. The Morgan fingerprint density at radius 3 is 2.92 bits per heavy atom. The van der Waals surface area contributed by atoms with Crippen molar-refractivity contribution in [2.24, 2.45) is 4.99 Å². The molecule has 1 saturated heterocycles. The van der Waals surface area contributed by atoms with Gasteiger partial charge in [-0.1, -0.05) is 0 Å². The lowest BCUT2D eigenvalue weighted by Crippen LogP contribution is -2.46. The summed E-state index contributed by atoms with van der Waals surface area (Å²) in [7, 11) is -4.70. The molecule has 128 valence electrons. The average molecular weight is 424 g/mol. The number of benzene rings is 1. The third-order valence-electron chi connectivity index (χ3n) is 2.79. The number of amidine groups is 1. The molecule has 1 fully saturated rings. The molecule has 3 rings (SSSR count). The Bertz CT molecular complexity index is 1040. The quantitative estimate of drug-likeness (QED) is 0.380. The number of aromatic nitrogens is 2. The minimum Gasteiger partial charge on any atom is -0.360 e. The summed E-state index contributed by atoms with van der Waals surface area (Å²) in [4.78, 5) is 3.99. The van der Waals surface area contributed by atoms with E-state index in [9.17, 15) is 18.0 Å². The molecule has 3 N–H and O–H groups in total. The van der Waals surface area contributed by atoms with E-state index >= 15 is 0 Å². The van der Waals surface area contributed by atoms with Gasteiger partial charge in [0.05, 0.1) is 27.6 Å². The minimum absolute atomic E-state index is 0.101. The van der Waals surface area contributed by atoms with E-state index in [-0.39, 0.29) is 27.5 Å². The predicted molar refractivity (Wildman–Crippen MR) is 85.6 cm³/mol. The summed E-state index contributed by atoms with van der Waals surface area (Å²) in [6.45, 7) is 0. The van der Waals surface area contributed by atoms with E-state index in [1.54, 1.807) is 5.48 Å². The molecule has 0 amide bonds. The third kappa shape index (κ3) is 3.55. The van der Waals surface area contributed by atoms with Gasteiger partial charge in [-0.3, -0.25) is 10.7 Å². The SMILES string of the molecule is [2H]C1([2H])C(Nc2nonc2C(=Nc2ccc(F)c(Br)c2)NO)C([2H])([2H])S1(=O)=O. The van der Waals surface area contributed by atoms with Gasteiger partial charge in [0.2, 0.25) is 5.82 Å². The number of hydrogen-bond donors (Lipinski definition) is 3. The van der Waals surface area contributed by atoms with Crippen molar-refractivity contribution in [2.45, 2.75) is 6.04 Å². The lowest BCUT2D eigenvalue weighted by atomic mass is 10.3. The second-order valence-electron chi connectivity index (χ2n) is 4.45. The van der Waals surface area contributed by atoms with Crippen molar-refractivity contribution in [1.82, 2.24) is 15.8 Å². The first-order valence-electron chi connectivity index (χ1n) is 8.21. The topological polar surface area (TPSA) is 130 Å². The summed E-state index contributed by atoms with van der Waals surface area (Å²) in [5.41, 5.74) is -4.23. The number of nitrogens with zero attached hydrogens (tertiary/aromatic N) is 3. The van der Waals surface area contributed by atoms with Gasteiger partial charge < -0.3 is 5.32 Å². The van der Waals surface area contributed by atoms with Crippen LogP contribution in [0.4, 0.5) is 15.9 Å². The van der Waals surface area contributed by atoms with Crippen LogP contribution in [0.1, 0.15) is 11.2 Å². The van der Waals surface area contributed by atoms with Crippen LogP contribution in [0.2, 0.25) is 0 Å². The molecule has 0 spiro atoms. The van der Waals surface area contributed by atoms with Crippen molar-refractivity contribution in [3.8, 4) is 0 Å². The van der Waals surface area contributed by atoms with E-state index in [0.717, 1.165) is 6.07 Å². The molecule has 2 aromatic rings. The highest BCUT2D eigenvalue weighted by atomic mass is 79.9. The van der Waals surface area contributed by atoms with Crippen molar-refractivity contribution >= 4 is 43.1 Å². The molecule has 1 aromatic carbocycles. The molecular weight excluding hydrogens is 409 g/mol. The van der Waals surface area contributed by atoms with Crippen LogP contribution in [-0.2, 0) is 9.84 Å². The molecule has 0 radical (unpaired) electrons. The number of anilines is 1. The molecule has 1 aromatic heterocycles. The van der Waals surface area contributed by atoms with Crippen molar-refractivity contribution < 1.29 is 28.1 Å². The molecule has 1 aliphatic rings. The summed E-state index contributed by atoms with van der Waals surface area (Å²) in [6, 6.07) is 1.87. The van der Waals surface area contributed by atoms with E-state index in [0.29, 0.717) is 0 Å². The van der Waals surface area contributed by atoms with Gasteiger partial charge in [-0.05, 0) is 44.4 Å². The molecule has 12 heteroatoms. The molecule has 0 aliphatic carbocycles. The monoisotopic (exact) mass is 423 g/mol. The Morgan fingerprint density at radius 1 is 1.50 bits per heavy atom. The van der Waals surface area contributed by atoms with E-state index in [4.69, 9.17) is 5.48 Å². The van der Waals surface area contributed by atoms with Crippen LogP contribution in [0.5, 0.6) is 0 Å². The number of rotatable bonds is 4. The van der Waals surface area contributed by atoms with Gasteiger partial charge in [-0.2, -0.15) is 0 Å². The van der Waals surface area contributed by atoms with Crippen molar-refractivity contribution in [3.63, 3.8) is 0 Å². The van der Waals surface area contributed by atoms with Gasteiger partial charge in [0.1, 0.15) is 5.82 Å². The standard InChI is InChI=1S/C12H11BrFN5O4S/c13-8-3-6(1-2-9(8)14)15-11(17-20)10-12(19-23-18-10)16-7-4-24(21,22)5-7/h1-3,7,20H,4-5H2,(H,15,17)(H,16,19)/i4D2,5D2. The van der Waals surface area contributed by atoms with Crippen LogP contribution in [0.15, 0.2) is 32.3 Å². The first-order chi connectivity index (χ1) is 12.9. The zero-order chi connectivity index (χ0) is 20.9. The van der Waals surface area contributed by atoms with Gasteiger partial charge in [0, 0.05) is 5.48 Å². The zero-order valence-corrected chi connectivity index (χ0v) is 13.9. The first-order valence-corrected chi connectivity index (χ1v) is 8.48. The number of sulfone groups is 1. The molecule has 9 nitrogen and oxygen atoms in total. The second kappa shape index (κ2) is 6.45. The normalized spacial score (nSPS) is 24.0. The minimum atomic E-state index is -4.70. The molecule has 2 heterocycles. The highest BCUT2D eigenvalue weighted by Gasteiger charge is 2.34. The van der Waals surface area contributed by atoms with E-state index in [2.05, 4.69) is 41.2 Å². The van der Waals surface area contributed by atoms with Crippen LogP contribution in [0.25, 0.3) is 0 Å². The summed E-state index contributed by atoms with van der Waals surface area (Å²) >= 11 is 2.98. The van der Waals surface area contributed by atoms with Gasteiger partial charge in [0.15, 0.2) is 21.4 Å². The van der Waals surface area contributed by atoms with Crippen LogP contribution in [-0.4, -0.2) is 47.2 Å². The zero-order valence-electron chi connectivity index (χ0n) is 15.5. The van der Waals surface area contributed by atoms with Crippen molar-refractivity contribution in [1.29, 1.82) is 0 Å². The fourth-order valence-electron chi connectivity index (χ4n) is 1.76. The molecule has 24 heavy (non-hydrogen) atoms. The van der Waals surface area contributed by atoms with Crippen LogP contribution in [0, 0.1) is 5.82 Å². The van der Waals surface area contributed by atoms with Crippen LogP contribution >= 0.6 is 15.9 Å². The first kappa shape index (κ1) is 12.3. The number of halogens is 2. The maximum atomic E-state index is 13.3. The maximum absolute atomic E-state index is 13.3. The lowest BCUT2D eigenvalue weighted by Gasteiger charge is -2.26. The van der Waals surface area contributed by atoms with E-state index < -0.39 is 33.1 Å². The molecule has 1 aliphatic heterocycles. The van der Waals surface area contributed by atoms with Crippen LogP contribution in [0.3, 0.4) is 0 Å². The van der Waals surface area contributed by atoms with E-state index in [1.165, 1.54) is 12.1 Å². The van der Waals surface area contributed by atoms with Gasteiger partial charge in [-0.15, -0.1) is 0 Å². The summed E-state index contributed by atoms with van der Waals surface area (Å²) in [5, 5.41) is 18.6. The highest BCUT2D eigenvalue weighted by Crippen LogP contribution is 2.24. The molecule has 0 bridgehead atoms. The average Bonchev–Trinajstić information content (AvgIpc) is 3.08. The predicted octanol–water partition coefficient (Wildman–Crippen LogP) is 1.24. The Hall–Kier alpha value is -2.05. The van der Waals surface area contributed by atoms with Gasteiger partial charge in [0.25, 0.3) is 0 Å². The molecular formula is C12H11BrFN5O4S. The fourth-order valence-corrected chi connectivity index (χ4v) is 2.86.